The highest BCUT2D eigenvalue weighted by atomic mass is 32.2. The minimum absolute atomic E-state index is 0.104. The van der Waals surface area contributed by atoms with Crippen LogP contribution in [0.25, 0.3) is 0 Å². The van der Waals surface area contributed by atoms with Crippen LogP contribution in [0.2, 0.25) is 0 Å². The Morgan fingerprint density at radius 3 is 2.60 bits per heavy atom. The summed E-state index contributed by atoms with van der Waals surface area (Å²) in [6, 6.07) is 6.85. The van der Waals surface area contributed by atoms with Gasteiger partial charge in [0.1, 0.15) is 5.78 Å². The third kappa shape index (κ3) is 3.75. The van der Waals surface area contributed by atoms with E-state index >= 15 is 0 Å². The Morgan fingerprint density at radius 1 is 1.33 bits per heavy atom. The number of rotatable bonds is 5. The standard InChI is InChI=1S/C11H12O3S/c1-8(12)6-15-7-9-4-2-3-5-10(9)11(13)14/h2-5H,6-7H2,1H3,(H,13,14). The van der Waals surface area contributed by atoms with Crippen molar-refractivity contribution in [2.75, 3.05) is 5.75 Å². The normalized spacial score (nSPS) is 9.93. The van der Waals surface area contributed by atoms with Crippen molar-refractivity contribution in [3.05, 3.63) is 35.4 Å². The first kappa shape index (κ1) is 11.8. The van der Waals surface area contributed by atoms with E-state index in [4.69, 9.17) is 5.11 Å². The van der Waals surface area contributed by atoms with Gasteiger partial charge in [-0.05, 0) is 18.6 Å². The van der Waals surface area contributed by atoms with Gasteiger partial charge in [-0.15, -0.1) is 11.8 Å². The molecule has 3 nitrogen and oxygen atoms in total. The minimum Gasteiger partial charge on any atom is -0.478 e. The fourth-order valence-corrected chi connectivity index (χ4v) is 2.02. The van der Waals surface area contributed by atoms with Crippen LogP contribution in [0.15, 0.2) is 24.3 Å². The van der Waals surface area contributed by atoms with Crippen molar-refractivity contribution in [1.82, 2.24) is 0 Å². The van der Waals surface area contributed by atoms with Crippen LogP contribution in [0.1, 0.15) is 22.8 Å². The van der Waals surface area contributed by atoms with E-state index in [1.807, 2.05) is 0 Å². The van der Waals surface area contributed by atoms with Gasteiger partial charge in [0.15, 0.2) is 0 Å². The Labute approximate surface area is 92.5 Å². The summed E-state index contributed by atoms with van der Waals surface area (Å²) in [6.45, 7) is 1.52. The van der Waals surface area contributed by atoms with E-state index in [1.54, 1.807) is 24.3 Å². The first-order chi connectivity index (χ1) is 7.11. The second kappa shape index (κ2) is 5.56. The van der Waals surface area contributed by atoms with Crippen LogP contribution in [0.3, 0.4) is 0 Å². The number of hydrogen-bond donors (Lipinski definition) is 1. The number of carboxylic acid groups (broad SMARTS) is 1. The van der Waals surface area contributed by atoms with E-state index in [9.17, 15) is 9.59 Å². The predicted molar refractivity (Wildman–Crippen MR) is 60.2 cm³/mol. The number of hydrogen-bond acceptors (Lipinski definition) is 3. The lowest BCUT2D eigenvalue weighted by Crippen LogP contribution is -2.02. The second-order valence-electron chi connectivity index (χ2n) is 3.16. The first-order valence-corrected chi connectivity index (χ1v) is 5.65. The van der Waals surface area contributed by atoms with Crippen molar-refractivity contribution in [3.8, 4) is 0 Å². The second-order valence-corrected chi connectivity index (χ2v) is 4.14. The van der Waals surface area contributed by atoms with Crippen LogP contribution in [0.5, 0.6) is 0 Å². The van der Waals surface area contributed by atoms with Crippen LogP contribution < -0.4 is 0 Å². The molecule has 1 aromatic carbocycles. The zero-order valence-corrected chi connectivity index (χ0v) is 9.21. The molecule has 0 aliphatic heterocycles. The fraction of sp³-hybridized carbons (Fsp3) is 0.273. The van der Waals surface area contributed by atoms with Gasteiger partial charge in [0.05, 0.1) is 11.3 Å². The molecule has 15 heavy (non-hydrogen) atoms. The average molecular weight is 224 g/mol. The summed E-state index contributed by atoms with van der Waals surface area (Å²) in [4.78, 5) is 21.6. The number of thioether (sulfide) groups is 1. The lowest BCUT2D eigenvalue weighted by molar-refractivity contribution is -0.114. The van der Waals surface area contributed by atoms with Gasteiger partial charge in [-0.1, -0.05) is 18.2 Å². The summed E-state index contributed by atoms with van der Waals surface area (Å²) in [6.07, 6.45) is 0. The van der Waals surface area contributed by atoms with Crippen LogP contribution >= 0.6 is 11.8 Å². The average Bonchev–Trinajstić information content (AvgIpc) is 2.17. The monoisotopic (exact) mass is 224 g/mol. The van der Waals surface area contributed by atoms with Gasteiger partial charge in [-0.2, -0.15) is 0 Å². The SMILES string of the molecule is CC(=O)CSCc1ccccc1C(=O)O. The zero-order valence-electron chi connectivity index (χ0n) is 8.40. The van der Waals surface area contributed by atoms with Crippen molar-refractivity contribution in [2.24, 2.45) is 0 Å². The quantitative estimate of drug-likeness (QED) is 0.833. The van der Waals surface area contributed by atoms with Gasteiger partial charge in [0.25, 0.3) is 0 Å². The first-order valence-electron chi connectivity index (χ1n) is 4.49. The molecule has 0 atom stereocenters. The summed E-state index contributed by atoms with van der Waals surface area (Å²) in [5.74, 6) is 0.164. The van der Waals surface area contributed by atoms with Gasteiger partial charge in [0, 0.05) is 5.75 Å². The maximum atomic E-state index is 10.8. The molecule has 0 heterocycles. The molecule has 0 fully saturated rings. The maximum absolute atomic E-state index is 10.8. The van der Waals surface area contributed by atoms with Crippen molar-refractivity contribution < 1.29 is 14.7 Å². The lowest BCUT2D eigenvalue weighted by Gasteiger charge is -2.04. The Morgan fingerprint density at radius 2 is 2.00 bits per heavy atom. The van der Waals surface area contributed by atoms with Crippen LogP contribution in [0.4, 0.5) is 0 Å². The molecule has 0 radical (unpaired) electrons. The van der Waals surface area contributed by atoms with Gasteiger partial charge >= 0.3 is 5.97 Å². The summed E-state index contributed by atoms with van der Waals surface area (Å²) in [5.41, 5.74) is 1.07. The maximum Gasteiger partial charge on any atom is 0.335 e. The predicted octanol–water partition coefficient (Wildman–Crippen LogP) is 2.21. The van der Waals surface area contributed by atoms with Crippen molar-refractivity contribution >= 4 is 23.5 Å². The molecule has 0 saturated carbocycles. The zero-order chi connectivity index (χ0) is 11.3. The molecule has 0 spiro atoms. The summed E-state index contributed by atoms with van der Waals surface area (Å²) >= 11 is 1.43. The smallest absolute Gasteiger partial charge is 0.335 e. The summed E-state index contributed by atoms with van der Waals surface area (Å²) in [5, 5.41) is 8.90. The Hall–Kier alpha value is -1.29. The molecule has 0 bridgehead atoms. The highest BCUT2D eigenvalue weighted by Crippen LogP contribution is 2.16. The molecular weight excluding hydrogens is 212 g/mol. The lowest BCUT2D eigenvalue weighted by atomic mass is 10.1. The number of carboxylic acids is 1. The van der Waals surface area contributed by atoms with E-state index in [2.05, 4.69) is 0 Å². The van der Waals surface area contributed by atoms with Gasteiger partial charge in [0.2, 0.25) is 0 Å². The van der Waals surface area contributed by atoms with E-state index in [0.717, 1.165) is 5.56 Å². The largest absolute Gasteiger partial charge is 0.478 e. The molecule has 0 saturated heterocycles. The van der Waals surface area contributed by atoms with E-state index in [-0.39, 0.29) is 5.78 Å². The molecular formula is C11H12O3S. The number of carbonyl (C=O) groups excluding carboxylic acids is 1. The number of ketones is 1. The van der Waals surface area contributed by atoms with Gasteiger partial charge in [-0.3, -0.25) is 4.79 Å². The van der Waals surface area contributed by atoms with Crippen molar-refractivity contribution in [3.63, 3.8) is 0 Å². The molecule has 1 aromatic rings. The molecule has 80 valence electrons. The van der Waals surface area contributed by atoms with Crippen molar-refractivity contribution in [2.45, 2.75) is 12.7 Å². The van der Waals surface area contributed by atoms with Crippen LogP contribution in [0, 0.1) is 0 Å². The molecule has 0 aliphatic rings. The molecule has 0 unspecified atom stereocenters. The fourth-order valence-electron chi connectivity index (χ4n) is 1.16. The Balaban J connectivity index is 2.67. The third-order valence-corrected chi connectivity index (χ3v) is 2.94. The molecule has 0 amide bonds. The Bertz CT molecular complexity index is 374. The van der Waals surface area contributed by atoms with Crippen LogP contribution in [-0.4, -0.2) is 22.6 Å². The van der Waals surface area contributed by atoms with E-state index in [0.29, 0.717) is 17.1 Å². The molecule has 0 aliphatic carbocycles. The van der Waals surface area contributed by atoms with E-state index < -0.39 is 5.97 Å². The highest BCUT2D eigenvalue weighted by Gasteiger charge is 2.08. The number of aromatic carboxylic acids is 1. The topological polar surface area (TPSA) is 54.4 Å². The third-order valence-electron chi connectivity index (χ3n) is 1.81. The van der Waals surface area contributed by atoms with Crippen LogP contribution in [-0.2, 0) is 10.5 Å². The van der Waals surface area contributed by atoms with Crippen molar-refractivity contribution in [1.29, 1.82) is 0 Å². The summed E-state index contributed by atoms with van der Waals surface area (Å²) < 4.78 is 0. The molecule has 1 N–H and O–H groups in total. The Kier molecular flexibility index (Phi) is 4.37. The number of Topliss-reactive ketones (excluding diaryl/α,β-unsaturated/α-hetero) is 1. The molecule has 4 heteroatoms. The molecule has 1 rings (SSSR count). The molecule has 0 aromatic heterocycles. The minimum atomic E-state index is -0.922. The van der Waals surface area contributed by atoms with E-state index in [1.165, 1.54) is 18.7 Å². The number of carbonyl (C=O) groups is 2. The highest BCUT2D eigenvalue weighted by molar-refractivity contribution is 7.99. The summed E-state index contributed by atoms with van der Waals surface area (Å²) in [7, 11) is 0. The van der Waals surface area contributed by atoms with Gasteiger partial charge < -0.3 is 5.11 Å². The van der Waals surface area contributed by atoms with Gasteiger partial charge in [-0.25, -0.2) is 4.79 Å². The number of benzene rings is 1.